The molecule has 1 unspecified atom stereocenters. The summed E-state index contributed by atoms with van der Waals surface area (Å²) in [6, 6.07) is 0. The molecule has 16 heavy (non-hydrogen) atoms. The SMILES string of the molecule is CCOC(=O)c1c(N)nsc1NCC(C)O. The fraction of sp³-hybridized carbons (Fsp3) is 0.556. The molecule has 4 N–H and O–H groups in total. The number of anilines is 2. The fourth-order valence-electron chi connectivity index (χ4n) is 1.06. The molecule has 0 spiro atoms. The van der Waals surface area contributed by atoms with Crippen molar-refractivity contribution in [3.05, 3.63) is 5.56 Å². The number of nitrogen functional groups attached to an aromatic ring is 1. The molecule has 0 aliphatic rings. The Morgan fingerprint density at radius 1 is 1.75 bits per heavy atom. The first-order valence-corrected chi connectivity index (χ1v) is 5.67. The van der Waals surface area contributed by atoms with Gasteiger partial charge in [0.25, 0.3) is 0 Å². The van der Waals surface area contributed by atoms with Crippen molar-refractivity contribution in [2.24, 2.45) is 0 Å². The highest BCUT2D eigenvalue weighted by atomic mass is 32.1. The van der Waals surface area contributed by atoms with Crippen molar-refractivity contribution in [2.45, 2.75) is 20.0 Å². The van der Waals surface area contributed by atoms with E-state index < -0.39 is 12.1 Å². The van der Waals surface area contributed by atoms with E-state index in [2.05, 4.69) is 9.69 Å². The Hall–Kier alpha value is -1.34. The molecule has 0 radical (unpaired) electrons. The van der Waals surface area contributed by atoms with Crippen LogP contribution in [0.25, 0.3) is 0 Å². The Labute approximate surface area is 97.6 Å². The van der Waals surface area contributed by atoms with Gasteiger partial charge in [-0.1, -0.05) is 0 Å². The summed E-state index contributed by atoms with van der Waals surface area (Å²) in [6.45, 7) is 3.97. The lowest BCUT2D eigenvalue weighted by molar-refractivity contribution is 0.0529. The number of aromatic nitrogens is 1. The average molecular weight is 245 g/mol. The van der Waals surface area contributed by atoms with E-state index in [0.717, 1.165) is 11.5 Å². The molecular formula is C9H15N3O3S. The minimum Gasteiger partial charge on any atom is -0.462 e. The summed E-state index contributed by atoms with van der Waals surface area (Å²) >= 11 is 1.07. The van der Waals surface area contributed by atoms with Crippen LogP contribution in [0.3, 0.4) is 0 Å². The minimum absolute atomic E-state index is 0.150. The molecule has 0 aliphatic carbocycles. The lowest BCUT2D eigenvalue weighted by Crippen LogP contribution is -2.17. The molecule has 0 amide bonds. The first-order valence-electron chi connectivity index (χ1n) is 4.90. The van der Waals surface area contributed by atoms with Gasteiger partial charge >= 0.3 is 5.97 Å². The summed E-state index contributed by atoms with van der Waals surface area (Å²) in [7, 11) is 0. The van der Waals surface area contributed by atoms with E-state index in [1.54, 1.807) is 13.8 Å². The van der Waals surface area contributed by atoms with E-state index in [4.69, 9.17) is 15.6 Å². The number of ether oxygens (including phenoxy) is 1. The van der Waals surface area contributed by atoms with Crippen molar-refractivity contribution in [1.82, 2.24) is 4.37 Å². The quantitative estimate of drug-likeness (QED) is 0.660. The maximum Gasteiger partial charge on any atom is 0.344 e. The van der Waals surface area contributed by atoms with Gasteiger partial charge < -0.3 is 20.9 Å². The Morgan fingerprint density at radius 2 is 2.44 bits per heavy atom. The first-order chi connectivity index (χ1) is 7.56. The average Bonchev–Trinajstić information content (AvgIpc) is 2.57. The van der Waals surface area contributed by atoms with Crippen LogP contribution < -0.4 is 11.1 Å². The normalized spacial score (nSPS) is 12.2. The number of hydrogen-bond donors (Lipinski definition) is 3. The lowest BCUT2D eigenvalue weighted by atomic mass is 10.3. The van der Waals surface area contributed by atoms with Gasteiger partial charge in [0.2, 0.25) is 0 Å². The lowest BCUT2D eigenvalue weighted by Gasteiger charge is -2.07. The number of nitrogens with zero attached hydrogens (tertiary/aromatic N) is 1. The van der Waals surface area contributed by atoms with Gasteiger partial charge in [-0.25, -0.2) is 4.79 Å². The molecule has 1 aromatic rings. The molecule has 6 nitrogen and oxygen atoms in total. The molecule has 0 aliphatic heterocycles. The summed E-state index contributed by atoms with van der Waals surface area (Å²) in [4.78, 5) is 11.6. The van der Waals surface area contributed by atoms with Crippen molar-refractivity contribution >= 4 is 28.3 Å². The molecular weight excluding hydrogens is 230 g/mol. The highest BCUT2D eigenvalue weighted by Crippen LogP contribution is 2.27. The van der Waals surface area contributed by atoms with Gasteiger partial charge in [0, 0.05) is 6.54 Å². The zero-order chi connectivity index (χ0) is 12.1. The summed E-state index contributed by atoms with van der Waals surface area (Å²) in [5.41, 5.74) is 5.82. The van der Waals surface area contributed by atoms with Gasteiger partial charge in [0.1, 0.15) is 10.6 Å². The van der Waals surface area contributed by atoms with Crippen LogP contribution in [0.2, 0.25) is 0 Å². The summed E-state index contributed by atoms with van der Waals surface area (Å²) in [6.07, 6.45) is -0.515. The first kappa shape index (κ1) is 12.7. The summed E-state index contributed by atoms with van der Waals surface area (Å²) in [5, 5.41) is 12.6. The van der Waals surface area contributed by atoms with Crippen molar-refractivity contribution in [3.8, 4) is 0 Å². The van der Waals surface area contributed by atoms with Crippen molar-refractivity contribution in [3.63, 3.8) is 0 Å². The third kappa shape index (κ3) is 3.07. The smallest absolute Gasteiger partial charge is 0.344 e. The fourth-order valence-corrected chi connectivity index (χ4v) is 1.77. The van der Waals surface area contributed by atoms with Crippen LogP contribution in [0.5, 0.6) is 0 Å². The van der Waals surface area contributed by atoms with Crippen LogP contribution in [-0.4, -0.2) is 34.7 Å². The van der Waals surface area contributed by atoms with Crippen LogP contribution in [0, 0.1) is 0 Å². The van der Waals surface area contributed by atoms with E-state index in [1.165, 1.54) is 0 Å². The Balaban J connectivity index is 2.81. The second kappa shape index (κ2) is 5.66. The highest BCUT2D eigenvalue weighted by Gasteiger charge is 2.20. The third-order valence-electron chi connectivity index (χ3n) is 1.76. The van der Waals surface area contributed by atoms with Crippen LogP contribution >= 0.6 is 11.5 Å². The zero-order valence-electron chi connectivity index (χ0n) is 9.19. The maximum atomic E-state index is 11.6. The molecule has 0 saturated heterocycles. The number of hydrogen-bond acceptors (Lipinski definition) is 7. The number of rotatable bonds is 5. The predicted molar refractivity (Wildman–Crippen MR) is 62.7 cm³/mol. The van der Waals surface area contributed by atoms with Crippen LogP contribution in [0.4, 0.5) is 10.8 Å². The Morgan fingerprint density at radius 3 is 3.00 bits per heavy atom. The van der Waals surface area contributed by atoms with Crippen molar-refractivity contribution < 1.29 is 14.6 Å². The van der Waals surface area contributed by atoms with Crippen LogP contribution in [0.15, 0.2) is 0 Å². The summed E-state index contributed by atoms with van der Waals surface area (Å²) < 4.78 is 8.73. The molecule has 0 saturated carbocycles. The highest BCUT2D eigenvalue weighted by molar-refractivity contribution is 7.11. The van der Waals surface area contributed by atoms with Gasteiger partial charge in [0.05, 0.1) is 12.7 Å². The second-order valence-electron chi connectivity index (χ2n) is 3.22. The molecule has 0 bridgehead atoms. The Kier molecular flexibility index (Phi) is 4.51. The van der Waals surface area contributed by atoms with Crippen LogP contribution in [0.1, 0.15) is 24.2 Å². The number of carbonyl (C=O) groups is 1. The number of nitrogens with two attached hydrogens (primary N) is 1. The monoisotopic (exact) mass is 245 g/mol. The molecule has 90 valence electrons. The van der Waals surface area contributed by atoms with Gasteiger partial charge in [-0.15, -0.1) is 0 Å². The number of esters is 1. The molecule has 7 heteroatoms. The number of aliphatic hydroxyl groups is 1. The standard InChI is InChI=1S/C9H15N3O3S/c1-3-15-9(14)6-7(10)12-16-8(6)11-4-5(2)13/h5,11,13H,3-4H2,1-2H3,(H2,10,12). The van der Waals surface area contributed by atoms with Gasteiger partial charge in [-0.3, -0.25) is 0 Å². The number of carbonyl (C=O) groups excluding carboxylic acids is 1. The van der Waals surface area contributed by atoms with E-state index >= 15 is 0 Å². The number of aliphatic hydroxyl groups excluding tert-OH is 1. The third-order valence-corrected chi connectivity index (χ3v) is 2.58. The van der Waals surface area contributed by atoms with Gasteiger partial charge in [0.15, 0.2) is 5.82 Å². The van der Waals surface area contributed by atoms with E-state index in [-0.39, 0.29) is 18.0 Å². The van der Waals surface area contributed by atoms with Gasteiger partial charge in [-0.2, -0.15) is 4.37 Å². The van der Waals surface area contributed by atoms with Crippen molar-refractivity contribution in [2.75, 3.05) is 24.2 Å². The van der Waals surface area contributed by atoms with E-state index in [1.807, 2.05) is 0 Å². The second-order valence-corrected chi connectivity index (χ2v) is 4.00. The molecule has 0 fully saturated rings. The van der Waals surface area contributed by atoms with Crippen LogP contribution in [-0.2, 0) is 4.74 Å². The molecule has 1 aromatic heterocycles. The molecule has 0 aromatic carbocycles. The Bertz CT molecular complexity index is 365. The predicted octanol–water partition coefficient (Wildman–Crippen LogP) is 0.695. The van der Waals surface area contributed by atoms with E-state index in [9.17, 15) is 4.79 Å². The molecule has 1 atom stereocenters. The molecule has 1 heterocycles. The molecule has 1 rings (SSSR count). The maximum absolute atomic E-state index is 11.6. The van der Waals surface area contributed by atoms with Crippen molar-refractivity contribution in [1.29, 1.82) is 0 Å². The van der Waals surface area contributed by atoms with E-state index in [0.29, 0.717) is 11.5 Å². The minimum atomic E-state index is -0.515. The summed E-state index contributed by atoms with van der Waals surface area (Å²) in [5.74, 6) is -0.349. The topological polar surface area (TPSA) is 97.5 Å². The largest absolute Gasteiger partial charge is 0.462 e. The van der Waals surface area contributed by atoms with Gasteiger partial charge in [-0.05, 0) is 25.4 Å². The zero-order valence-corrected chi connectivity index (χ0v) is 10.0. The number of nitrogens with one attached hydrogen (secondary N) is 1.